The summed E-state index contributed by atoms with van der Waals surface area (Å²) in [5.41, 5.74) is 3.83. The van der Waals surface area contributed by atoms with Crippen molar-refractivity contribution in [2.75, 3.05) is 7.05 Å². The third-order valence-electron chi connectivity index (χ3n) is 3.57. The summed E-state index contributed by atoms with van der Waals surface area (Å²) in [4.78, 5) is 0. The van der Waals surface area contributed by atoms with E-state index in [0.717, 1.165) is 23.7 Å². The number of aromatic nitrogens is 2. The van der Waals surface area contributed by atoms with Crippen LogP contribution < -0.4 is 5.32 Å². The lowest BCUT2D eigenvalue weighted by atomic mass is 10.1. The summed E-state index contributed by atoms with van der Waals surface area (Å²) >= 11 is 6.24. The maximum atomic E-state index is 6.24. The molecule has 3 rings (SSSR count). The molecule has 0 unspecified atom stereocenters. The Morgan fingerprint density at radius 2 is 2.11 bits per heavy atom. The molecular weight excluding hydrogens is 258 g/mol. The van der Waals surface area contributed by atoms with Crippen molar-refractivity contribution < 1.29 is 0 Å². The van der Waals surface area contributed by atoms with Crippen molar-refractivity contribution in [2.45, 2.75) is 31.8 Å². The molecule has 1 saturated carbocycles. The van der Waals surface area contributed by atoms with Gasteiger partial charge in [-0.05, 0) is 31.5 Å². The van der Waals surface area contributed by atoms with Crippen LogP contribution in [0.4, 0.5) is 0 Å². The fraction of sp³-hybridized carbons (Fsp3) is 0.400. The molecule has 0 spiro atoms. The van der Waals surface area contributed by atoms with Crippen LogP contribution in [0.2, 0.25) is 5.02 Å². The van der Waals surface area contributed by atoms with Gasteiger partial charge in [-0.15, -0.1) is 0 Å². The molecule has 1 aliphatic rings. The highest BCUT2D eigenvalue weighted by Crippen LogP contribution is 2.41. The van der Waals surface area contributed by atoms with E-state index in [-0.39, 0.29) is 0 Å². The molecule has 0 radical (unpaired) electrons. The minimum Gasteiger partial charge on any atom is -0.316 e. The van der Waals surface area contributed by atoms with E-state index in [1.807, 2.05) is 31.4 Å². The van der Waals surface area contributed by atoms with E-state index in [1.165, 1.54) is 24.1 Å². The van der Waals surface area contributed by atoms with Crippen LogP contribution in [0.3, 0.4) is 0 Å². The standard InChI is InChI=1S/C15H18ClN3/c1-17-8-13-9-18-19(15(13)11-6-7-11)10-12-4-2-3-5-14(12)16/h2-5,9,11,17H,6-8,10H2,1H3. The van der Waals surface area contributed by atoms with Gasteiger partial charge in [-0.3, -0.25) is 4.68 Å². The number of hydrogen-bond donors (Lipinski definition) is 1. The molecule has 0 bridgehead atoms. The minimum atomic E-state index is 0.688. The molecule has 0 aliphatic heterocycles. The summed E-state index contributed by atoms with van der Waals surface area (Å²) in [6.07, 6.45) is 4.55. The number of halogens is 1. The zero-order chi connectivity index (χ0) is 13.2. The van der Waals surface area contributed by atoms with Gasteiger partial charge >= 0.3 is 0 Å². The Morgan fingerprint density at radius 3 is 2.79 bits per heavy atom. The second kappa shape index (κ2) is 5.35. The molecule has 1 fully saturated rings. The van der Waals surface area contributed by atoms with Gasteiger partial charge in [-0.1, -0.05) is 29.8 Å². The molecule has 3 nitrogen and oxygen atoms in total. The van der Waals surface area contributed by atoms with Crippen LogP contribution >= 0.6 is 11.6 Å². The average molecular weight is 276 g/mol. The normalized spacial score (nSPS) is 14.8. The van der Waals surface area contributed by atoms with Gasteiger partial charge in [0, 0.05) is 28.7 Å². The molecule has 1 aromatic heterocycles. The van der Waals surface area contributed by atoms with E-state index < -0.39 is 0 Å². The lowest BCUT2D eigenvalue weighted by molar-refractivity contribution is 0.642. The van der Waals surface area contributed by atoms with E-state index >= 15 is 0 Å². The van der Waals surface area contributed by atoms with Crippen LogP contribution in [0.25, 0.3) is 0 Å². The number of rotatable bonds is 5. The summed E-state index contributed by atoms with van der Waals surface area (Å²) < 4.78 is 2.12. The maximum absolute atomic E-state index is 6.24. The Hall–Kier alpha value is -1.32. The minimum absolute atomic E-state index is 0.688. The van der Waals surface area contributed by atoms with E-state index in [1.54, 1.807) is 0 Å². The number of nitrogens with zero attached hydrogens (tertiary/aromatic N) is 2. The second-order valence-electron chi connectivity index (χ2n) is 5.11. The molecule has 1 N–H and O–H groups in total. The summed E-state index contributed by atoms with van der Waals surface area (Å²) in [6, 6.07) is 7.99. The SMILES string of the molecule is CNCc1cnn(Cc2ccccc2Cl)c1C1CC1. The predicted octanol–water partition coefficient (Wildman–Crippen LogP) is 3.18. The number of nitrogens with one attached hydrogen (secondary N) is 1. The highest BCUT2D eigenvalue weighted by atomic mass is 35.5. The van der Waals surface area contributed by atoms with Gasteiger partial charge in [0.15, 0.2) is 0 Å². The van der Waals surface area contributed by atoms with Gasteiger partial charge in [-0.2, -0.15) is 5.10 Å². The highest BCUT2D eigenvalue weighted by Gasteiger charge is 2.30. The Kier molecular flexibility index (Phi) is 3.58. The van der Waals surface area contributed by atoms with Crippen molar-refractivity contribution in [3.8, 4) is 0 Å². The summed E-state index contributed by atoms with van der Waals surface area (Å²) in [5, 5.41) is 8.58. The molecule has 1 aromatic carbocycles. The van der Waals surface area contributed by atoms with Gasteiger partial charge in [0.05, 0.1) is 12.7 Å². The fourth-order valence-corrected chi connectivity index (χ4v) is 2.70. The topological polar surface area (TPSA) is 29.9 Å². The summed E-state index contributed by atoms with van der Waals surface area (Å²) in [7, 11) is 1.97. The lowest BCUT2D eigenvalue weighted by Gasteiger charge is -2.10. The van der Waals surface area contributed by atoms with Crippen LogP contribution in [0.1, 0.15) is 35.6 Å². The van der Waals surface area contributed by atoms with Crippen LogP contribution in [0.5, 0.6) is 0 Å². The predicted molar refractivity (Wildman–Crippen MR) is 77.5 cm³/mol. The monoisotopic (exact) mass is 275 g/mol. The zero-order valence-corrected chi connectivity index (χ0v) is 11.8. The molecule has 1 aliphatic carbocycles. The van der Waals surface area contributed by atoms with Crippen molar-refractivity contribution in [3.05, 3.63) is 52.3 Å². The van der Waals surface area contributed by atoms with E-state index in [0.29, 0.717) is 5.92 Å². The molecule has 19 heavy (non-hydrogen) atoms. The van der Waals surface area contributed by atoms with Gasteiger partial charge in [0.25, 0.3) is 0 Å². The van der Waals surface area contributed by atoms with Gasteiger partial charge in [0.1, 0.15) is 0 Å². The first-order valence-electron chi connectivity index (χ1n) is 6.72. The smallest absolute Gasteiger partial charge is 0.0677 e. The third kappa shape index (κ3) is 2.67. The zero-order valence-electron chi connectivity index (χ0n) is 11.1. The van der Waals surface area contributed by atoms with Crippen LogP contribution in [-0.2, 0) is 13.1 Å². The maximum Gasteiger partial charge on any atom is 0.0677 e. The van der Waals surface area contributed by atoms with Crippen molar-refractivity contribution in [2.24, 2.45) is 0 Å². The van der Waals surface area contributed by atoms with Crippen molar-refractivity contribution in [1.82, 2.24) is 15.1 Å². The average Bonchev–Trinajstić information content (AvgIpc) is 3.17. The molecule has 2 aromatic rings. The molecule has 0 amide bonds. The Morgan fingerprint density at radius 1 is 1.32 bits per heavy atom. The lowest BCUT2D eigenvalue weighted by Crippen LogP contribution is -2.10. The molecular formula is C15H18ClN3. The fourth-order valence-electron chi connectivity index (χ4n) is 2.50. The van der Waals surface area contributed by atoms with Crippen molar-refractivity contribution >= 4 is 11.6 Å². The van der Waals surface area contributed by atoms with Gasteiger partial charge in [-0.25, -0.2) is 0 Å². The first-order chi connectivity index (χ1) is 9.29. The van der Waals surface area contributed by atoms with Gasteiger partial charge in [0.2, 0.25) is 0 Å². The van der Waals surface area contributed by atoms with Crippen molar-refractivity contribution in [1.29, 1.82) is 0 Å². The van der Waals surface area contributed by atoms with E-state index in [4.69, 9.17) is 11.6 Å². The first kappa shape index (κ1) is 12.7. The Bertz CT molecular complexity index is 573. The van der Waals surface area contributed by atoms with Gasteiger partial charge < -0.3 is 5.32 Å². The molecule has 0 saturated heterocycles. The summed E-state index contributed by atoms with van der Waals surface area (Å²) in [6.45, 7) is 1.64. The highest BCUT2D eigenvalue weighted by molar-refractivity contribution is 6.31. The Labute approximate surface area is 118 Å². The number of benzene rings is 1. The Balaban J connectivity index is 1.90. The molecule has 100 valence electrons. The largest absolute Gasteiger partial charge is 0.316 e. The van der Waals surface area contributed by atoms with E-state index in [9.17, 15) is 0 Å². The third-order valence-corrected chi connectivity index (χ3v) is 3.94. The van der Waals surface area contributed by atoms with Crippen molar-refractivity contribution in [3.63, 3.8) is 0 Å². The molecule has 4 heteroatoms. The molecule has 1 heterocycles. The van der Waals surface area contributed by atoms with Crippen LogP contribution in [-0.4, -0.2) is 16.8 Å². The first-order valence-corrected chi connectivity index (χ1v) is 7.10. The van der Waals surface area contributed by atoms with E-state index in [2.05, 4.69) is 21.2 Å². The second-order valence-corrected chi connectivity index (χ2v) is 5.52. The quantitative estimate of drug-likeness (QED) is 0.908. The number of hydrogen-bond acceptors (Lipinski definition) is 2. The molecule has 0 atom stereocenters. The summed E-state index contributed by atoms with van der Waals surface area (Å²) in [5.74, 6) is 0.688. The van der Waals surface area contributed by atoms with Crippen LogP contribution in [0.15, 0.2) is 30.5 Å². The van der Waals surface area contributed by atoms with Crippen LogP contribution in [0, 0.1) is 0 Å².